The van der Waals surface area contributed by atoms with Gasteiger partial charge in [-0.25, -0.2) is 4.79 Å². The van der Waals surface area contributed by atoms with Gasteiger partial charge in [-0.1, -0.05) is 90.6 Å². The molecule has 5 rings (SSSR count). The minimum absolute atomic E-state index is 0.0699. The smallest absolute Gasteiger partial charge is 0.408 e. The Kier molecular flexibility index (Phi) is 12.0. The Hall–Kier alpha value is -2.08. The molecule has 4 fully saturated rings. The van der Waals surface area contributed by atoms with Crippen LogP contribution in [0.3, 0.4) is 0 Å². The van der Waals surface area contributed by atoms with E-state index in [1.165, 1.54) is 64.2 Å². The van der Waals surface area contributed by atoms with Crippen LogP contribution in [0.5, 0.6) is 0 Å². The van der Waals surface area contributed by atoms with Crippen molar-refractivity contribution >= 4 is 12.0 Å². The molecule has 1 aromatic carbocycles. The molecule has 0 saturated heterocycles. The van der Waals surface area contributed by atoms with Gasteiger partial charge in [-0.15, -0.1) is 0 Å². The van der Waals surface area contributed by atoms with Crippen molar-refractivity contribution in [3.63, 3.8) is 0 Å². The van der Waals surface area contributed by atoms with Crippen molar-refractivity contribution in [2.75, 3.05) is 6.61 Å². The predicted octanol–water partition coefficient (Wildman–Crippen LogP) is 9.70. The predicted molar refractivity (Wildman–Crippen MR) is 194 cm³/mol. The van der Waals surface area contributed by atoms with Crippen molar-refractivity contribution in [1.82, 2.24) is 10.6 Å². The Bertz CT molecular complexity index is 1210. The maximum atomic E-state index is 14.2. The monoisotopic (exact) mass is 665 g/mol. The number of hydrogen-bond donors (Lipinski definition) is 2. The van der Waals surface area contributed by atoms with Gasteiger partial charge in [0.1, 0.15) is 11.6 Å². The summed E-state index contributed by atoms with van der Waals surface area (Å²) in [5, 5.41) is 6.41. The molecule has 0 heterocycles. The standard InChI is InChI=1S/C42H68N2O4/c1-28(2)14-12-15-29(3)33-22-23-34-32-21-20-31-18-13-19-37(42(31,8)35(32)24-25-41(33,34)7)44-38(45)36(43-39(46)48-40(4,5)6)27-47-26-30-16-10-9-11-17-30/h9-11,16-17,28-29,31-37H,12-15,18-27H2,1-8H3,(H,43,46)(H,44,45)/t29-,31?,32+,33-,34+,35+,36-,37?,41-,42+/m1/s1. The van der Waals surface area contributed by atoms with E-state index in [9.17, 15) is 9.59 Å². The van der Waals surface area contributed by atoms with E-state index in [1.807, 2.05) is 51.1 Å². The van der Waals surface area contributed by atoms with E-state index in [2.05, 4.69) is 45.3 Å². The summed E-state index contributed by atoms with van der Waals surface area (Å²) in [6, 6.07) is 9.23. The van der Waals surface area contributed by atoms with E-state index in [1.54, 1.807) is 0 Å². The van der Waals surface area contributed by atoms with Crippen molar-refractivity contribution in [3.8, 4) is 0 Å². The number of rotatable bonds is 12. The van der Waals surface area contributed by atoms with E-state index in [4.69, 9.17) is 9.47 Å². The third kappa shape index (κ3) is 8.27. The molecular formula is C42H68N2O4. The lowest BCUT2D eigenvalue weighted by Crippen LogP contribution is -2.63. The van der Waals surface area contributed by atoms with Crippen molar-refractivity contribution in [2.24, 2.45) is 52.3 Å². The number of nitrogens with one attached hydrogen (secondary N) is 2. The number of carbonyl (C=O) groups excluding carboxylic acids is 2. The summed E-state index contributed by atoms with van der Waals surface area (Å²) in [5.41, 5.74) is 0.902. The fourth-order valence-corrected chi connectivity index (χ4v) is 11.4. The van der Waals surface area contributed by atoms with Crippen LogP contribution in [0.1, 0.15) is 138 Å². The number of carbonyl (C=O) groups is 2. The average molecular weight is 665 g/mol. The van der Waals surface area contributed by atoms with Gasteiger partial charge >= 0.3 is 6.09 Å². The first kappa shape index (κ1) is 37.2. The first-order valence-electron chi connectivity index (χ1n) is 19.6. The summed E-state index contributed by atoms with van der Waals surface area (Å²) in [4.78, 5) is 27.1. The van der Waals surface area contributed by atoms with Gasteiger partial charge < -0.3 is 20.1 Å². The second-order valence-electron chi connectivity index (χ2n) is 18.2. The summed E-state index contributed by atoms with van der Waals surface area (Å²) < 4.78 is 11.6. The Morgan fingerprint density at radius 3 is 2.38 bits per heavy atom. The van der Waals surface area contributed by atoms with Crippen LogP contribution in [-0.4, -0.2) is 36.3 Å². The zero-order valence-corrected chi connectivity index (χ0v) is 31.6. The van der Waals surface area contributed by atoms with Crippen molar-refractivity contribution in [1.29, 1.82) is 0 Å². The molecule has 0 aromatic heterocycles. The van der Waals surface area contributed by atoms with Gasteiger partial charge in [-0.05, 0) is 130 Å². The Balaban J connectivity index is 1.29. The molecule has 0 bridgehead atoms. The van der Waals surface area contributed by atoms with Crippen molar-refractivity contribution < 1.29 is 19.1 Å². The summed E-state index contributed by atoms with van der Waals surface area (Å²) in [6.45, 7) is 18.5. The first-order chi connectivity index (χ1) is 22.7. The molecule has 2 unspecified atom stereocenters. The summed E-state index contributed by atoms with van der Waals surface area (Å²) in [7, 11) is 0. The van der Waals surface area contributed by atoms with Gasteiger partial charge in [0, 0.05) is 6.04 Å². The maximum Gasteiger partial charge on any atom is 0.408 e. The largest absolute Gasteiger partial charge is 0.444 e. The third-order valence-electron chi connectivity index (χ3n) is 13.7. The summed E-state index contributed by atoms with van der Waals surface area (Å²) in [5.74, 6) is 5.13. The Morgan fingerprint density at radius 2 is 1.67 bits per heavy atom. The highest BCUT2D eigenvalue weighted by atomic mass is 16.6. The quantitative estimate of drug-likeness (QED) is 0.233. The maximum absolute atomic E-state index is 14.2. The molecule has 0 spiro atoms. The van der Waals surface area contributed by atoms with Crippen LogP contribution in [0.15, 0.2) is 30.3 Å². The van der Waals surface area contributed by atoms with Crippen LogP contribution >= 0.6 is 0 Å². The van der Waals surface area contributed by atoms with Crippen molar-refractivity contribution in [2.45, 2.75) is 157 Å². The van der Waals surface area contributed by atoms with E-state index < -0.39 is 17.7 Å². The van der Waals surface area contributed by atoms with Crippen LogP contribution in [0.25, 0.3) is 0 Å². The van der Waals surface area contributed by atoms with Gasteiger partial charge in [0.15, 0.2) is 0 Å². The highest BCUT2D eigenvalue weighted by Gasteiger charge is 2.62. The van der Waals surface area contributed by atoms with Crippen LogP contribution in [-0.2, 0) is 20.9 Å². The fraction of sp³-hybridized carbons (Fsp3) is 0.810. The number of amides is 2. The van der Waals surface area contributed by atoms with Gasteiger partial charge in [-0.2, -0.15) is 0 Å². The fourth-order valence-electron chi connectivity index (χ4n) is 11.4. The molecule has 270 valence electrons. The van der Waals surface area contributed by atoms with Gasteiger partial charge in [-0.3, -0.25) is 4.79 Å². The number of hydrogen-bond acceptors (Lipinski definition) is 4. The Morgan fingerprint density at radius 1 is 0.917 bits per heavy atom. The van der Waals surface area contributed by atoms with Crippen LogP contribution in [0, 0.1) is 52.3 Å². The molecule has 4 saturated carbocycles. The molecule has 0 radical (unpaired) electrons. The zero-order chi connectivity index (χ0) is 34.7. The topological polar surface area (TPSA) is 76.7 Å². The molecule has 2 amide bonds. The molecule has 1 aromatic rings. The van der Waals surface area contributed by atoms with E-state index in [-0.39, 0.29) is 24.0 Å². The van der Waals surface area contributed by atoms with Crippen LogP contribution < -0.4 is 10.6 Å². The minimum Gasteiger partial charge on any atom is -0.444 e. The Labute approximate surface area is 292 Å². The molecule has 48 heavy (non-hydrogen) atoms. The lowest BCUT2D eigenvalue weighted by atomic mass is 9.43. The molecule has 4 aliphatic carbocycles. The first-order valence-corrected chi connectivity index (χ1v) is 19.6. The third-order valence-corrected chi connectivity index (χ3v) is 13.7. The van der Waals surface area contributed by atoms with Crippen LogP contribution in [0.4, 0.5) is 4.79 Å². The lowest BCUT2D eigenvalue weighted by Gasteiger charge is -2.63. The molecule has 0 aliphatic heterocycles. The molecule has 6 nitrogen and oxygen atoms in total. The number of benzene rings is 1. The normalized spacial score (nSPS) is 34.4. The molecular weight excluding hydrogens is 596 g/mol. The van der Waals surface area contributed by atoms with Crippen LogP contribution in [0.2, 0.25) is 0 Å². The SMILES string of the molecule is CC(C)CCC[C@@H](C)[C@H]1CC[C@H]2[C@@H]3CCC4CCCC(NC(=O)[C@@H](COCc5ccccc5)NC(=O)OC(C)(C)C)[C@]4(C)[C@H]3CC[C@]12C. The zero-order valence-electron chi connectivity index (χ0n) is 31.6. The molecule has 4 aliphatic rings. The molecule has 10 atom stereocenters. The van der Waals surface area contributed by atoms with Gasteiger partial charge in [0.05, 0.1) is 13.2 Å². The van der Waals surface area contributed by atoms with E-state index >= 15 is 0 Å². The number of alkyl carbamates (subject to hydrolysis) is 1. The summed E-state index contributed by atoms with van der Waals surface area (Å²) >= 11 is 0. The van der Waals surface area contributed by atoms with Crippen molar-refractivity contribution in [3.05, 3.63) is 35.9 Å². The minimum atomic E-state index is -0.825. The second-order valence-corrected chi connectivity index (χ2v) is 18.2. The highest BCUT2D eigenvalue weighted by molar-refractivity contribution is 5.86. The van der Waals surface area contributed by atoms with E-state index in [0.717, 1.165) is 48.0 Å². The average Bonchev–Trinajstić information content (AvgIpc) is 3.37. The number of ether oxygens (including phenoxy) is 2. The second kappa shape index (κ2) is 15.4. The van der Waals surface area contributed by atoms with Gasteiger partial charge in [0.25, 0.3) is 0 Å². The van der Waals surface area contributed by atoms with E-state index in [0.29, 0.717) is 23.9 Å². The number of fused-ring (bicyclic) bond motifs is 5. The molecule has 2 N–H and O–H groups in total. The molecule has 6 heteroatoms. The highest BCUT2D eigenvalue weighted by Crippen LogP contribution is 2.68. The van der Waals surface area contributed by atoms with Gasteiger partial charge in [0.2, 0.25) is 5.91 Å². The lowest BCUT2D eigenvalue weighted by molar-refractivity contribution is -0.141. The summed E-state index contributed by atoms with van der Waals surface area (Å²) in [6.07, 6.45) is 15.0.